The molecule has 0 aliphatic carbocycles. The molecule has 0 atom stereocenters. The maximum absolute atomic E-state index is 5.61. The zero-order valence-corrected chi connectivity index (χ0v) is 10.6. The molecular weight excluding hydrogens is 222 g/mol. The van der Waals surface area contributed by atoms with Crippen molar-refractivity contribution in [2.45, 2.75) is 13.8 Å². The van der Waals surface area contributed by atoms with E-state index in [9.17, 15) is 0 Å². The first-order valence-electron chi connectivity index (χ1n) is 5.02. The molecule has 3 nitrogen and oxygen atoms in total. The lowest BCUT2D eigenvalue weighted by Gasteiger charge is -2.23. The Bertz CT molecular complexity index is 360. The van der Waals surface area contributed by atoms with Gasteiger partial charge in [-0.2, -0.15) is 0 Å². The molecule has 0 heterocycles. The van der Waals surface area contributed by atoms with E-state index in [0.717, 1.165) is 11.5 Å². The summed E-state index contributed by atoms with van der Waals surface area (Å²) in [6.07, 6.45) is 0. The molecule has 0 amide bonds. The van der Waals surface area contributed by atoms with E-state index < -0.39 is 0 Å². The molecule has 0 saturated heterocycles. The van der Waals surface area contributed by atoms with Crippen molar-refractivity contribution in [2.75, 3.05) is 13.7 Å². The van der Waals surface area contributed by atoms with Gasteiger partial charge in [-0.25, -0.2) is 0 Å². The van der Waals surface area contributed by atoms with Crippen LogP contribution in [0.4, 0.5) is 0 Å². The van der Waals surface area contributed by atoms with Crippen LogP contribution < -0.4 is 15.2 Å². The average Bonchev–Trinajstić information content (AvgIpc) is 2.27. The number of methoxy groups -OCH3 is 1. The van der Waals surface area contributed by atoms with Gasteiger partial charge in [0.15, 0.2) is 0 Å². The van der Waals surface area contributed by atoms with Gasteiger partial charge in [-0.3, -0.25) is 0 Å². The fraction of sp³-hybridized carbons (Fsp3) is 0.417. The predicted molar refractivity (Wildman–Crippen MR) is 69.1 cm³/mol. The topological polar surface area (TPSA) is 44.5 Å². The highest BCUT2D eigenvalue weighted by Gasteiger charge is 2.22. The molecule has 0 aromatic heterocycles. The monoisotopic (exact) mass is 239 g/mol. The number of benzene rings is 1. The van der Waals surface area contributed by atoms with E-state index in [1.165, 1.54) is 0 Å². The molecule has 2 N–H and O–H groups in total. The summed E-state index contributed by atoms with van der Waals surface area (Å²) >= 11 is 4.96. The van der Waals surface area contributed by atoms with Gasteiger partial charge in [-0.05, 0) is 24.3 Å². The second-order valence-corrected chi connectivity index (χ2v) is 4.65. The highest BCUT2D eigenvalue weighted by molar-refractivity contribution is 7.80. The second-order valence-electron chi connectivity index (χ2n) is 4.21. The first-order chi connectivity index (χ1) is 7.45. The summed E-state index contributed by atoms with van der Waals surface area (Å²) in [5.41, 5.74) is 5.32. The van der Waals surface area contributed by atoms with Crippen molar-refractivity contribution in [3.63, 3.8) is 0 Å². The van der Waals surface area contributed by atoms with Gasteiger partial charge in [0.25, 0.3) is 0 Å². The highest BCUT2D eigenvalue weighted by Crippen LogP contribution is 2.21. The molecule has 0 unspecified atom stereocenters. The molecule has 0 aliphatic rings. The lowest BCUT2D eigenvalue weighted by atomic mass is 9.95. The van der Waals surface area contributed by atoms with Crippen molar-refractivity contribution in [1.82, 2.24) is 0 Å². The van der Waals surface area contributed by atoms with E-state index in [1.54, 1.807) is 7.11 Å². The summed E-state index contributed by atoms with van der Waals surface area (Å²) in [6.45, 7) is 4.38. The van der Waals surface area contributed by atoms with E-state index in [-0.39, 0.29) is 5.41 Å². The Balaban J connectivity index is 2.58. The minimum atomic E-state index is -0.296. The number of hydrogen-bond donors (Lipinski definition) is 1. The van der Waals surface area contributed by atoms with Crippen molar-refractivity contribution in [3.05, 3.63) is 24.3 Å². The van der Waals surface area contributed by atoms with Crippen LogP contribution in [0.1, 0.15) is 13.8 Å². The largest absolute Gasteiger partial charge is 0.497 e. The Hall–Kier alpha value is -1.29. The number of thiocarbonyl (C=S) groups is 1. The molecule has 0 bridgehead atoms. The van der Waals surface area contributed by atoms with Gasteiger partial charge < -0.3 is 15.2 Å². The molecule has 1 rings (SSSR count). The molecule has 16 heavy (non-hydrogen) atoms. The molecule has 1 aromatic rings. The van der Waals surface area contributed by atoms with Crippen LogP contribution in [0.3, 0.4) is 0 Å². The van der Waals surface area contributed by atoms with Gasteiger partial charge >= 0.3 is 0 Å². The van der Waals surface area contributed by atoms with E-state index in [2.05, 4.69) is 0 Å². The SMILES string of the molecule is COc1ccc(OCC(C)(C)C(N)=S)cc1. The Morgan fingerprint density at radius 3 is 2.19 bits per heavy atom. The van der Waals surface area contributed by atoms with Gasteiger partial charge in [0.1, 0.15) is 11.5 Å². The van der Waals surface area contributed by atoms with Crippen LogP contribution >= 0.6 is 12.2 Å². The van der Waals surface area contributed by atoms with Gasteiger partial charge in [-0.1, -0.05) is 26.1 Å². The zero-order valence-electron chi connectivity index (χ0n) is 9.82. The Morgan fingerprint density at radius 1 is 1.25 bits per heavy atom. The van der Waals surface area contributed by atoms with E-state index in [1.807, 2.05) is 38.1 Å². The van der Waals surface area contributed by atoms with Crippen LogP contribution in [0.25, 0.3) is 0 Å². The van der Waals surface area contributed by atoms with Crippen LogP contribution in [-0.2, 0) is 0 Å². The van der Waals surface area contributed by atoms with Gasteiger partial charge in [0, 0.05) is 5.41 Å². The van der Waals surface area contributed by atoms with Crippen LogP contribution in [0.15, 0.2) is 24.3 Å². The standard InChI is InChI=1S/C12H17NO2S/c1-12(2,11(13)16)8-15-10-6-4-9(14-3)5-7-10/h4-7H,8H2,1-3H3,(H2,13,16). The molecule has 0 aliphatic heterocycles. The second kappa shape index (κ2) is 5.16. The third-order valence-corrected chi connectivity index (χ3v) is 2.88. The summed E-state index contributed by atoms with van der Waals surface area (Å²) < 4.78 is 10.7. The van der Waals surface area contributed by atoms with Crippen molar-refractivity contribution in [1.29, 1.82) is 0 Å². The van der Waals surface area contributed by atoms with E-state index >= 15 is 0 Å². The molecular formula is C12H17NO2S. The number of ether oxygens (including phenoxy) is 2. The van der Waals surface area contributed by atoms with Gasteiger partial charge in [-0.15, -0.1) is 0 Å². The highest BCUT2D eigenvalue weighted by atomic mass is 32.1. The molecule has 0 spiro atoms. The summed E-state index contributed by atoms with van der Waals surface area (Å²) in [5, 5.41) is 0. The maximum atomic E-state index is 5.61. The van der Waals surface area contributed by atoms with Crippen LogP contribution in [0.2, 0.25) is 0 Å². The lowest BCUT2D eigenvalue weighted by Crippen LogP contribution is -2.35. The molecule has 88 valence electrons. The number of hydrogen-bond acceptors (Lipinski definition) is 3. The quantitative estimate of drug-likeness (QED) is 0.801. The van der Waals surface area contributed by atoms with E-state index in [4.69, 9.17) is 27.4 Å². The fourth-order valence-electron chi connectivity index (χ4n) is 1.01. The van der Waals surface area contributed by atoms with Gasteiger partial charge in [0.05, 0.1) is 18.7 Å². The first kappa shape index (κ1) is 12.8. The normalized spacial score (nSPS) is 10.9. The molecule has 0 fully saturated rings. The molecule has 4 heteroatoms. The van der Waals surface area contributed by atoms with Crippen molar-refractivity contribution >= 4 is 17.2 Å². The predicted octanol–water partition coefficient (Wildman–Crippen LogP) is 2.39. The summed E-state index contributed by atoms with van der Waals surface area (Å²) in [7, 11) is 1.63. The Labute approximate surface area is 102 Å². The molecule has 0 saturated carbocycles. The summed E-state index contributed by atoms with van der Waals surface area (Å²) in [6, 6.07) is 7.41. The minimum absolute atomic E-state index is 0.296. The first-order valence-corrected chi connectivity index (χ1v) is 5.43. The van der Waals surface area contributed by atoms with Crippen LogP contribution in [-0.4, -0.2) is 18.7 Å². The summed E-state index contributed by atoms with van der Waals surface area (Å²) in [4.78, 5) is 0.459. The van der Waals surface area contributed by atoms with Crippen molar-refractivity contribution < 1.29 is 9.47 Å². The zero-order chi connectivity index (χ0) is 12.2. The smallest absolute Gasteiger partial charge is 0.119 e. The fourth-order valence-corrected chi connectivity index (χ4v) is 1.07. The van der Waals surface area contributed by atoms with Crippen molar-refractivity contribution in [3.8, 4) is 11.5 Å². The Kier molecular flexibility index (Phi) is 4.12. The Morgan fingerprint density at radius 2 is 1.75 bits per heavy atom. The van der Waals surface area contributed by atoms with Crippen molar-refractivity contribution in [2.24, 2.45) is 11.1 Å². The average molecular weight is 239 g/mol. The lowest BCUT2D eigenvalue weighted by molar-refractivity contribution is 0.236. The maximum Gasteiger partial charge on any atom is 0.119 e. The van der Waals surface area contributed by atoms with Crippen LogP contribution in [0, 0.1) is 5.41 Å². The van der Waals surface area contributed by atoms with E-state index in [0.29, 0.717) is 11.6 Å². The van der Waals surface area contributed by atoms with Gasteiger partial charge in [0.2, 0.25) is 0 Å². The molecule has 0 radical (unpaired) electrons. The third-order valence-electron chi connectivity index (χ3n) is 2.33. The molecule has 1 aromatic carbocycles. The number of nitrogens with two attached hydrogens (primary N) is 1. The number of rotatable bonds is 5. The minimum Gasteiger partial charge on any atom is -0.497 e. The summed E-state index contributed by atoms with van der Waals surface area (Å²) in [5.74, 6) is 1.59. The third kappa shape index (κ3) is 3.38. The van der Waals surface area contributed by atoms with Crippen LogP contribution in [0.5, 0.6) is 11.5 Å².